The highest BCUT2D eigenvalue weighted by Crippen LogP contribution is 2.22. The molecule has 0 radical (unpaired) electrons. The van der Waals surface area contributed by atoms with Crippen molar-refractivity contribution >= 4 is 15.9 Å². The normalized spacial score (nSPS) is 15.4. The number of rotatable bonds is 7. The fourth-order valence-corrected chi connectivity index (χ4v) is 4.18. The molecule has 0 aromatic heterocycles. The van der Waals surface area contributed by atoms with E-state index in [2.05, 4.69) is 17.4 Å². The van der Waals surface area contributed by atoms with E-state index in [-0.39, 0.29) is 16.4 Å². The number of hydrogen-bond acceptors (Lipinski definition) is 5. The molecule has 0 bridgehead atoms. The Balaban J connectivity index is 1.51. The molecule has 3 N–H and O–H groups in total. The van der Waals surface area contributed by atoms with Gasteiger partial charge >= 0.3 is 0 Å². The second-order valence-electron chi connectivity index (χ2n) is 7.66. The molecular weight excluding hydrogens is 412 g/mol. The van der Waals surface area contributed by atoms with Crippen molar-refractivity contribution in [2.75, 3.05) is 13.1 Å². The van der Waals surface area contributed by atoms with Gasteiger partial charge in [-0.3, -0.25) is 4.79 Å². The number of nitrogens with two attached hydrogens (primary N) is 1. The largest absolute Gasteiger partial charge is 0.386 e. The summed E-state index contributed by atoms with van der Waals surface area (Å²) in [5.41, 5.74) is 2.17. The summed E-state index contributed by atoms with van der Waals surface area (Å²) in [6.07, 6.45) is 4.27. The van der Waals surface area contributed by atoms with Crippen LogP contribution in [0, 0.1) is 17.2 Å². The van der Waals surface area contributed by atoms with Gasteiger partial charge in [-0.15, -0.1) is 0 Å². The summed E-state index contributed by atoms with van der Waals surface area (Å²) in [6.45, 7) is 1.64. The quantitative estimate of drug-likeness (QED) is 0.508. The zero-order valence-electron chi connectivity index (χ0n) is 17.2. The molecule has 1 heterocycles. The molecule has 3 rings (SSSR count). The molecule has 0 spiro atoms. The monoisotopic (exact) mass is 438 g/mol. The lowest BCUT2D eigenvalue weighted by atomic mass is 9.90. The van der Waals surface area contributed by atoms with Crippen LogP contribution in [0.15, 0.2) is 71.3 Å². The lowest BCUT2D eigenvalue weighted by molar-refractivity contribution is -0.128. The van der Waals surface area contributed by atoms with Crippen molar-refractivity contribution in [2.45, 2.75) is 30.7 Å². The summed E-state index contributed by atoms with van der Waals surface area (Å²) in [4.78, 5) is 14.5. The molecule has 7 nitrogen and oxygen atoms in total. The Bertz CT molecular complexity index is 1070. The molecule has 1 fully saturated rings. The molecule has 1 saturated heterocycles. The minimum absolute atomic E-state index is 0.0374. The van der Waals surface area contributed by atoms with Gasteiger partial charge in [-0.2, -0.15) is 5.26 Å². The van der Waals surface area contributed by atoms with E-state index in [1.165, 1.54) is 23.9 Å². The highest BCUT2D eigenvalue weighted by molar-refractivity contribution is 7.89. The van der Waals surface area contributed by atoms with Crippen LogP contribution in [-0.2, 0) is 27.8 Å². The van der Waals surface area contributed by atoms with Gasteiger partial charge < -0.3 is 10.2 Å². The number of nitrogens with zero attached hydrogens (tertiary/aromatic N) is 2. The van der Waals surface area contributed by atoms with E-state index in [9.17, 15) is 18.5 Å². The molecule has 0 unspecified atom stereocenters. The summed E-state index contributed by atoms with van der Waals surface area (Å²) < 4.78 is 22.6. The highest BCUT2D eigenvalue weighted by atomic mass is 32.2. The Morgan fingerprint density at radius 2 is 1.74 bits per heavy atom. The van der Waals surface area contributed by atoms with E-state index >= 15 is 0 Å². The first-order valence-electron chi connectivity index (χ1n) is 10.2. The van der Waals surface area contributed by atoms with E-state index in [4.69, 9.17) is 5.14 Å². The maximum Gasteiger partial charge on any atom is 0.265 e. The molecule has 31 heavy (non-hydrogen) atoms. The first kappa shape index (κ1) is 22.5. The number of benzene rings is 2. The first-order chi connectivity index (χ1) is 14.9. The van der Waals surface area contributed by atoms with Gasteiger partial charge in [0.05, 0.1) is 4.90 Å². The molecule has 2 aromatic carbocycles. The number of nitrogens with one attached hydrogen (secondary N) is 1. The third-order valence-corrected chi connectivity index (χ3v) is 6.35. The maximum absolute atomic E-state index is 12.7. The summed E-state index contributed by atoms with van der Waals surface area (Å²) in [5.74, 6) is 0.275. The number of amides is 1. The van der Waals surface area contributed by atoms with Gasteiger partial charge in [0.1, 0.15) is 11.6 Å². The van der Waals surface area contributed by atoms with Gasteiger partial charge in [0, 0.05) is 25.8 Å². The van der Waals surface area contributed by atoms with Crippen molar-refractivity contribution in [1.29, 1.82) is 5.26 Å². The zero-order chi connectivity index (χ0) is 22.3. The SMILES string of the molecule is N#C/C(=C/NCc1ccc(S(N)(=O)=O)cc1)C(=O)N1CCC(Cc2ccccc2)CC1. The van der Waals surface area contributed by atoms with Crippen LogP contribution in [0.4, 0.5) is 0 Å². The number of carbonyl (C=O) groups is 1. The lowest BCUT2D eigenvalue weighted by Gasteiger charge is -2.32. The van der Waals surface area contributed by atoms with Gasteiger partial charge in [-0.1, -0.05) is 42.5 Å². The molecule has 0 saturated carbocycles. The topological polar surface area (TPSA) is 116 Å². The van der Waals surface area contributed by atoms with E-state index in [0.717, 1.165) is 24.8 Å². The highest BCUT2D eigenvalue weighted by Gasteiger charge is 2.25. The van der Waals surface area contributed by atoms with E-state index in [0.29, 0.717) is 25.6 Å². The Morgan fingerprint density at radius 3 is 2.32 bits per heavy atom. The number of likely N-dealkylation sites (tertiary alicyclic amines) is 1. The van der Waals surface area contributed by atoms with Crippen LogP contribution in [0.5, 0.6) is 0 Å². The van der Waals surface area contributed by atoms with Crippen molar-refractivity contribution < 1.29 is 13.2 Å². The predicted molar refractivity (Wildman–Crippen MR) is 118 cm³/mol. The van der Waals surface area contributed by atoms with Gasteiger partial charge in [0.2, 0.25) is 10.0 Å². The minimum Gasteiger partial charge on any atom is -0.386 e. The van der Waals surface area contributed by atoms with Crippen molar-refractivity contribution in [3.8, 4) is 6.07 Å². The number of sulfonamides is 1. The van der Waals surface area contributed by atoms with Crippen LogP contribution in [0.2, 0.25) is 0 Å². The summed E-state index contributed by atoms with van der Waals surface area (Å²) in [6, 6.07) is 18.4. The first-order valence-corrected chi connectivity index (χ1v) is 11.7. The fourth-order valence-electron chi connectivity index (χ4n) is 3.67. The van der Waals surface area contributed by atoms with Crippen LogP contribution >= 0.6 is 0 Å². The summed E-state index contributed by atoms with van der Waals surface area (Å²) in [7, 11) is -3.73. The number of hydrogen-bond donors (Lipinski definition) is 2. The third-order valence-electron chi connectivity index (χ3n) is 5.42. The third kappa shape index (κ3) is 6.41. The van der Waals surface area contributed by atoms with Crippen molar-refractivity contribution in [3.05, 3.63) is 77.5 Å². The second-order valence-corrected chi connectivity index (χ2v) is 9.23. The Hall–Kier alpha value is -3.15. The predicted octanol–water partition coefficient (Wildman–Crippen LogP) is 2.31. The smallest absolute Gasteiger partial charge is 0.265 e. The number of piperidine rings is 1. The van der Waals surface area contributed by atoms with E-state index < -0.39 is 10.0 Å². The summed E-state index contributed by atoms with van der Waals surface area (Å²) in [5, 5.41) is 17.5. The molecule has 1 amide bonds. The molecule has 162 valence electrons. The maximum atomic E-state index is 12.7. The Morgan fingerprint density at radius 1 is 1.10 bits per heavy atom. The van der Waals surface area contributed by atoms with Gasteiger partial charge in [0.15, 0.2) is 0 Å². The Kier molecular flexibility index (Phi) is 7.45. The standard InChI is InChI=1S/C23H26N4O3S/c24-15-21(17-26-16-20-6-8-22(9-7-20)31(25,29)30)23(28)27-12-10-19(11-13-27)14-18-4-2-1-3-5-18/h1-9,17,19,26H,10-14,16H2,(H2,25,29,30)/b21-17-. The van der Waals surface area contributed by atoms with Gasteiger partial charge in [-0.05, 0) is 48.4 Å². The van der Waals surface area contributed by atoms with Gasteiger partial charge in [-0.25, -0.2) is 13.6 Å². The lowest BCUT2D eigenvalue weighted by Crippen LogP contribution is -2.39. The molecule has 0 aliphatic carbocycles. The molecule has 2 aromatic rings. The number of nitriles is 1. The number of primary sulfonamides is 1. The number of carbonyl (C=O) groups excluding carboxylic acids is 1. The fraction of sp³-hybridized carbons (Fsp3) is 0.304. The average molecular weight is 439 g/mol. The second kappa shape index (κ2) is 10.2. The molecular formula is C23H26N4O3S. The van der Waals surface area contributed by atoms with Crippen molar-refractivity contribution in [2.24, 2.45) is 11.1 Å². The van der Waals surface area contributed by atoms with E-state index in [1.54, 1.807) is 17.0 Å². The molecule has 1 aliphatic rings. The summed E-state index contributed by atoms with van der Waals surface area (Å²) >= 11 is 0. The minimum atomic E-state index is -3.73. The molecule has 8 heteroatoms. The molecule has 0 atom stereocenters. The van der Waals surface area contributed by atoms with Crippen molar-refractivity contribution in [1.82, 2.24) is 10.2 Å². The average Bonchev–Trinajstić information content (AvgIpc) is 2.77. The van der Waals surface area contributed by atoms with Crippen molar-refractivity contribution in [3.63, 3.8) is 0 Å². The zero-order valence-corrected chi connectivity index (χ0v) is 18.0. The Labute approximate surface area is 183 Å². The van der Waals surface area contributed by atoms with Gasteiger partial charge in [0.25, 0.3) is 5.91 Å². The van der Waals surface area contributed by atoms with Crippen LogP contribution in [0.25, 0.3) is 0 Å². The molecule has 1 aliphatic heterocycles. The van der Waals surface area contributed by atoms with Crippen LogP contribution < -0.4 is 10.5 Å². The van der Waals surface area contributed by atoms with Crippen LogP contribution in [0.1, 0.15) is 24.0 Å². The van der Waals surface area contributed by atoms with E-state index in [1.807, 2.05) is 24.3 Å². The van der Waals surface area contributed by atoms with Crippen LogP contribution in [-0.4, -0.2) is 32.3 Å². The van der Waals surface area contributed by atoms with Crippen LogP contribution in [0.3, 0.4) is 0 Å².